The Bertz CT molecular complexity index is 236. The normalized spacial score (nSPS) is 36.5. The number of nitrogens with zero attached hydrogens (tertiary/aromatic N) is 2. The van der Waals surface area contributed by atoms with E-state index in [-0.39, 0.29) is 0 Å². The van der Waals surface area contributed by atoms with E-state index in [0.717, 1.165) is 12.5 Å². The lowest BCUT2D eigenvalue weighted by molar-refractivity contribution is 0.0125. The summed E-state index contributed by atoms with van der Waals surface area (Å²) in [5.41, 5.74) is 6.52. The molecule has 0 spiro atoms. The lowest BCUT2D eigenvalue weighted by Crippen LogP contribution is -2.61. The summed E-state index contributed by atoms with van der Waals surface area (Å²) >= 11 is 0. The Balaban J connectivity index is 2.03. The van der Waals surface area contributed by atoms with E-state index in [1.807, 2.05) is 0 Å². The molecule has 2 fully saturated rings. The largest absolute Gasteiger partial charge is 0.329 e. The van der Waals surface area contributed by atoms with Crippen LogP contribution in [0.15, 0.2) is 0 Å². The van der Waals surface area contributed by atoms with E-state index in [9.17, 15) is 0 Å². The van der Waals surface area contributed by atoms with E-state index < -0.39 is 0 Å². The quantitative estimate of drug-likeness (QED) is 0.807. The van der Waals surface area contributed by atoms with E-state index in [1.54, 1.807) is 0 Å². The molecule has 0 amide bonds. The van der Waals surface area contributed by atoms with Gasteiger partial charge in [0.15, 0.2) is 0 Å². The van der Waals surface area contributed by atoms with Gasteiger partial charge in [-0.3, -0.25) is 4.90 Å². The Kier molecular flexibility index (Phi) is 4.45. The number of rotatable bonds is 4. The molecule has 3 nitrogen and oxygen atoms in total. The molecule has 100 valence electrons. The summed E-state index contributed by atoms with van der Waals surface area (Å²) in [6.45, 7) is 11.6. The van der Waals surface area contributed by atoms with Gasteiger partial charge in [-0.2, -0.15) is 0 Å². The number of piperazine rings is 1. The second-order valence-corrected chi connectivity index (χ2v) is 5.73. The van der Waals surface area contributed by atoms with Crippen molar-refractivity contribution >= 4 is 0 Å². The van der Waals surface area contributed by atoms with Crippen molar-refractivity contribution in [2.45, 2.75) is 45.1 Å². The zero-order valence-electron chi connectivity index (χ0n) is 11.6. The van der Waals surface area contributed by atoms with Gasteiger partial charge < -0.3 is 10.6 Å². The fourth-order valence-electron chi connectivity index (χ4n) is 4.04. The molecule has 0 aromatic carbocycles. The Labute approximate surface area is 106 Å². The van der Waals surface area contributed by atoms with Gasteiger partial charge in [-0.15, -0.1) is 0 Å². The van der Waals surface area contributed by atoms with Crippen LogP contribution in [0.4, 0.5) is 0 Å². The maximum Gasteiger partial charge on any atom is 0.0360 e. The van der Waals surface area contributed by atoms with Crippen LogP contribution in [0.3, 0.4) is 0 Å². The molecule has 2 unspecified atom stereocenters. The Hall–Kier alpha value is -0.120. The molecule has 2 N–H and O–H groups in total. The lowest BCUT2D eigenvalue weighted by atomic mass is 9.83. The second kappa shape index (κ2) is 5.68. The minimum atomic E-state index is 0.342. The highest BCUT2D eigenvalue weighted by atomic mass is 15.3. The smallest absolute Gasteiger partial charge is 0.0360 e. The summed E-state index contributed by atoms with van der Waals surface area (Å²) < 4.78 is 0. The molecule has 2 aliphatic rings. The van der Waals surface area contributed by atoms with Crippen LogP contribution in [-0.2, 0) is 0 Å². The highest BCUT2D eigenvalue weighted by Gasteiger charge is 2.45. The zero-order valence-corrected chi connectivity index (χ0v) is 11.6. The Morgan fingerprint density at radius 2 is 1.88 bits per heavy atom. The first kappa shape index (κ1) is 13.3. The molecule has 0 radical (unpaired) electrons. The topological polar surface area (TPSA) is 32.5 Å². The average molecular weight is 239 g/mol. The summed E-state index contributed by atoms with van der Waals surface area (Å²) in [6, 6.07) is 0. The van der Waals surface area contributed by atoms with Crippen molar-refractivity contribution < 1.29 is 0 Å². The molecular formula is C14H29N3. The van der Waals surface area contributed by atoms with Gasteiger partial charge in [0.25, 0.3) is 0 Å². The molecule has 3 heteroatoms. The van der Waals surface area contributed by atoms with Gasteiger partial charge in [0, 0.05) is 38.3 Å². The van der Waals surface area contributed by atoms with Crippen molar-refractivity contribution in [3.05, 3.63) is 0 Å². The molecule has 2 atom stereocenters. The molecule has 1 heterocycles. The molecule has 17 heavy (non-hydrogen) atoms. The first-order chi connectivity index (χ1) is 8.26. The molecular weight excluding hydrogens is 210 g/mol. The summed E-state index contributed by atoms with van der Waals surface area (Å²) in [5.74, 6) is 0.834. The minimum absolute atomic E-state index is 0.342. The van der Waals surface area contributed by atoms with Crippen LogP contribution in [0.5, 0.6) is 0 Å². The van der Waals surface area contributed by atoms with Crippen LogP contribution in [0.2, 0.25) is 0 Å². The van der Waals surface area contributed by atoms with Gasteiger partial charge in [0.2, 0.25) is 0 Å². The molecule has 1 aliphatic carbocycles. The SMILES string of the molecule is CCC1CCCC1(CN)N1CCN(CC)CC1. The van der Waals surface area contributed by atoms with E-state index >= 15 is 0 Å². The Morgan fingerprint density at radius 3 is 2.41 bits per heavy atom. The predicted molar refractivity (Wildman–Crippen MR) is 73.1 cm³/mol. The minimum Gasteiger partial charge on any atom is -0.329 e. The molecule has 0 aromatic rings. The van der Waals surface area contributed by atoms with Crippen LogP contribution >= 0.6 is 0 Å². The van der Waals surface area contributed by atoms with Crippen molar-refractivity contribution in [3.63, 3.8) is 0 Å². The average Bonchev–Trinajstić information content (AvgIpc) is 2.83. The molecule has 1 aliphatic heterocycles. The maximum atomic E-state index is 6.18. The van der Waals surface area contributed by atoms with Crippen molar-refractivity contribution in [3.8, 4) is 0 Å². The van der Waals surface area contributed by atoms with Crippen molar-refractivity contribution in [1.82, 2.24) is 9.80 Å². The number of hydrogen-bond acceptors (Lipinski definition) is 3. The zero-order chi connectivity index (χ0) is 12.3. The third kappa shape index (κ3) is 2.38. The van der Waals surface area contributed by atoms with Crippen molar-refractivity contribution in [1.29, 1.82) is 0 Å². The molecule has 1 saturated carbocycles. The monoisotopic (exact) mass is 239 g/mol. The number of nitrogens with two attached hydrogens (primary N) is 1. The summed E-state index contributed by atoms with van der Waals surface area (Å²) in [7, 11) is 0. The van der Waals surface area contributed by atoms with E-state index in [1.165, 1.54) is 58.4 Å². The highest BCUT2D eigenvalue weighted by molar-refractivity contribution is 5.02. The number of likely N-dealkylation sites (N-methyl/N-ethyl adjacent to an activating group) is 1. The highest BCUT2D eigenvalue weighted by Crippen LogP contribution is 2.41. The molecule has 0 bridgehead atoms. The van der Waals surface area contributed by atoms with Crippen molar-refractivity contribution in [2.75, 3.05) is 39.3 Å². The van der Waals surface area contributed by atoms with E-state index in [4.69, 9.17) is 5.73 Å². The van der Waals surface area contributed by atoms with Gasteiger partial charge >= 0.3 is 0 Å². The van der Waals surface area contributed by atoms with Crippen LogP contribution in [0.1, 0.15) is 39.5 Å². The first-order valence-corrected chi connectivity index (χ1v) is 7.44. The van der Waals surface area contributed by atoms with Crippen LogP contribution in [-0.4, -0.2) is 54.6 Å². The van der Waals surface area contributed by atoms with Crippen LogP contribution < -0.4 is 5.73 Å². The van der Waals surface area contributed by atoms with Gasteiger partial charge in [0.1, 0.15) is 0 Å². The lowest BCUT2D eigenvalue weighted by Gasteiger charge is -2.48. The summed E-state index contributed by atoms with van der Waals surface area (Å²) in [4.78, 5) is 5.27. The maximum absolute atomic E-state index is 6.18. The summed E-state index contributed by atoms with van der Waals surface area (Å²) in [6.07, 6.45) is 5.39. The fourth-order valence-corrected chi connectivity index (χ4v) is 4.04. The number of hydrogen-bond donors (Lipinski definition) is 1. The predicted octanol–water partition coefficient (Wildman–Crippen LogP) is 1.53. The van der Waals surface area contributed by atoms with E-state index in [0.29, 0.717) is 5.54 Å². The van der Waals surface area contributed by atoms with Crippen LogP contribution in [0, 0.1) is 5.92 Å². The summed E-state index contributed by atoms with van der Waals surface area (Å²) in [5, 5.41) is 0. The van der Waals surface area contributed by atoms with Crippen molar-refractivity contribution in [2.24, 2.45) is 11.7 Å². The molecule has 2 rings (SSSR count). The first-order valence-electron chi connectivity index (χ1n) is 7.44. The van der Waals surface area contributed by atoms with E-state index in [2.05, 4.69) is 23.6 Å². The van der Waals surface area contributed by atoms with Gasteiger partial charge in [-0.1, -0.05) is 26.7 Å². The standard InChI is InChI=1S/C14H29N3/c1-3-13-6-5-7-14(13,12-15)17-10-8-16(4-2)9-11-17/h13H,3-12,15H2,1-2H3. The fraction of sp³-hybridized carbons (Fsp3) is 1.00. The van der Waals surface area contributed by atoms with Gasteiger partial charge in [-0.05, 0) is 25.3 Å². The molecule has 0 aromatic heterocycles. The Morgan fingerprint density at radius 1 is 1.18 bits per heavy atom. The third-order valence-corrected chi connectivity index (χ3v) is 5.22. The van der Waals surface area contributed by atoms with Gasteiger partial charge in [0.05, 0.1) is 0 Å². The van der Waals surface area contributed by atoms with Gasteiger partial charge in [-0.25, -0.2) is 0 Å². The van der Waals surface area contributed by atoms with Crippen LogP contribution in [0.25, 0.3) is 0 Å². The second-order valence-electron chi connectivity index (χ2n) is 5.73. The third-order valence-electron chi connectivity index (χ3n) is 5.22. The molecule has 1 saturated heterocycles.